The molecule has 0 bridgehead atoms. The number of fused-ring (bicyclic) bond motifs is 1. The number of alkyl halides is 3. The van der Waals surface area contributed by atoms with Crippen LogP contribution >= 0.6 is 0 Å². The molecule has 4 rings (SSSR count). The molecule has 7 nitrogen and oxygen atoms in total. The normalized spacial score (nSPS) is 18.4. The Hall–Kier alpha value is -2.65. The average molecular weight is 380 g/mol. The van der Waals surface area contributed by atoms with Gasteiger partial charge >= 0.3 is 6.18 Å². The summed E-state index contributed by atoms with van der Waals surface area (Å²) in [4.78, 5) is 14.8. The molecule has 1 atom stereocenters. The molecule has 3 aromatic heterocycles. The van der Waals surface area contributed by atoms with Crippen LogP contribution in [-0.4, -0.2) is 44.0 Å². The summed E-state index contributed by atoms with van der Waals surface area (Å²) in [6, 6.07) is 4.09. The number of rotatable bonds is 4. The minimum atomic E-state index is -4.32. The zero-order chi connectivity index (χ0) is 19.0. The lowest BCUT2D eigenvalue weighted by molar-refractivity contribution is -0.143. The fourth-order valence-electron chi connectivity index (χ4n) is 3.50. The molecule has 3 aromatic rings. The molecular weight excluding hydrogens is 361 g/mol. The molecule has 0 amide bonds. The highest BCUT2D eigenvalue weighted by Crippen LogP contribution is 2.27. The largest absolute Gasteiger partial charge is 0.422 e. The lowest BCUT2D eigenvalue weighted by Crippen LogP contribution is -2.37. The lowest BCUT2D eigenvalue weighted by Gasteiger charge is -2.31. The second-order valence-corrected chi connectivity index (χ2v) is 6.83. The first-order valence-electron chi connectivity index (χ1n) is 8.81. The van der Waals surface area contributed by atoms with Gasteiger partial charge in [0, 0.05) is 25.7 Å². The van der Waals surface area contributed by atoms with Crippen molar-refractivity contribution < 1.29 is 17.6 Å². The zero-order valence-electron chi connectivity index (χ0n) is 14.8. The maximum Gasteiger partial charge on any atom is 0.408 e. The first-order chi connectivity index (χ1) is 12.9. The molecule has 0 radical (unpaired) electrons. The van der Waals surface area contributed by atoms with Crippen molar-refractivity contribution in [1.82, 2.24) is 24.7 Å². The van der Waals surface area contributed by atoms with Crippen LogP contribution in [0, 0.1) is 12.8 Å². The van der Waals surface area contributed by atoms with Crippen LogP contribution in [0.25, 0.3) is 11.2 Å². The van der Waals surface area contributed by atoms with Gasteiger partial charge in [-0.15, -0.1) is 0 Å². The molecule has 0 aliphatic carbocycles. The molecule has 0 N–H and O–H groups in total. The van der Waals surface area contributed by atoms with Gasteiger partial charge in [-0.2, -0.15) is 23.3 Å². The fourth-order valence-corrected chi connectivity index (χ4v) is 3.50. The summed E-state index contributed by atoms with van der Waals surface area (Å²) in [6.45, 7) is 1.92. The van der Waals surface area contributed by atoms with Crippen molar-refractivity contribution in [2.75, 3.05) is 18.0 Å². The van der Waals surface area contributed by atoms with Crippen LogP contribution in [0.1, 0.15) is 24.5 Å². The highest BCUT2D eigenvalue weighted by Gasteiger charge is 2.31. The van der Waals surface area contributed by atoms with E-state index < -0.39 is 12.7 Å². The van der Waals surface area contributed by atoms with Crippen molar-refractivity contribution in [1.29, 1.82) is 0 Å². The van der Waals surface area contributed by atoms with Crippen molar-refractivity contribution >= 4 is 17.2 Å². The van der Waals surface area contributed by atoms with E-state index in [4.69, 9.17) is 4.42 Å². The van der Waals surface area contributed by atoms with Gasteiger partial charge in [0.05, 0.1) is 0 Å². The molecule has 10 heteroatoms. The number of nitrogens with zero attached hydrogens (tertiary/aromatic N) is 6. The Labute approximate surface area is 153 Å². The predicted octanol–water partition coefficient (Wildman–Crippen LogP) is 3.14. The van der Waals surface area contributed by atoms with Crippen molar-refractivity contribution in [3.05, 3.63) is 30.0 Å². The number of oxazole rings is 1. The number of piperidine rings is 1. The van der Waals surface area contributed by atoms with Crippen molar-refractivity contribution in [3.63, 3.8) is 0 Å². The molecule has 1 fully saturated rings. The van der Waals surface area contributed by atoms with E-state index in [1.54, 1.807) is 19.2 Å². The maximum absolute atomic E-state index is 12.8. The topological polar surface area (TPSA) is 72.9 Å². The monoisotopic (exact) mass is 380 g/mol. The smallest absolute Gasteiger partial charge is 0.408 e. The summed E-state index contributed by atoms with van der Waals surface area (Å²) < 4.78 is 45.1. The van der Waals surface area contributed by atoms with Gasteiger partial charge in [0.1, 0.15) is 18.2 Å². The van der Waals surface area contributed by atoms with E-state index in [1.807, 2.05) is 11.0 Å². The molecule has 27 heavy (non-hydrogen) atoms. The van der Waals surface area contributed by atoms with E-state index in [-0.39, 0.29) is 5.92 Å². The number of hydrogen-bond acceptors (Lipinski definition) is 6. The molecule has 1 saturated heterocycles. The van der Waals surface area contributed by atoms with Crippen molar-refractivity contribution in [3.8, 4) is 0 Å². The van der Waals surface area contributed by atoms with Gasteiger partial charge in [-0.25, -0.2) is 14.6 Å². The van der Waals surface area contributed by atoms with Gasteiger partial charge in [0.25, 0.3) is 6.01 Å². The summed E-state index contributed by atoms with van der Waals surface area (Å²) >= 11 is 0. The van der Waals surface area contributed by atoms with E-state index >= 15 is 0 Å². The number of hydrogen-bond donors (Lipinski definition) is 0. The van der Waals surface area contributed by atoms with Crippen LogP contribution in [0.2, 0.25) is 0 Å². The van der Waals surface area contributed by atoms with Gasteiger partial charge in [-0.1, -0.05) is 0 Å². The quantitative estimate of drug-likeness (QED) is 0.692. The fraction of sp³-hybridized carbons (Fsp3) is 0.529. The lowest BCUT2D eigenvalue weighted by atomic mass is 9.94. The summed E-state index contributed by atoms with van der Waals surface area (Å²) in [5.41, 5.74) is 1.17. The van der Waals surface area contributed by atoms with E-state index in [1.165, 1.54) is 0 Å². The van der Waals surface area contributed by atoms with Gasteiger partial charge in [0.15, 0.2) is 5.58 Å². The van der Waals surface area contributed by atoms with Crippen LogP contribution in [0.4, 0.5) is 19.2 Å². The number of halogens is 3. The van der Waals surface area contributed by atoms with Gasteiger partial charge in [0.2, 0.25) is 5.65 Å². The molecule has 144 valence electrons. The first-order valence-corrected chi connectivity index (χ1v) is 8.81. The third-order valence-electron chi connectivity index (χ3n) is 4.60. The predicted molar refractivity (Wildman–Crippen MR) is 91.3 cm³/mol. The zero-order valence-corrected chi connectivity index (χ0v) is 14.8. The molecule has 0 aromatic carbocycles. The standard InChI is InChI=1S/C17H19F3N6O/c1-11-22-14(26(24-11)10-17(18,19)20)8-12-4-3-7-25(9-12)16-23-15-13(27-16)5-2-6-21-15/h2,5-6,12H,3-4,7-10H2,1H3. The molecule has 0 saturated carbocycles. The van der Waals surface area contributed by atoms with E-state index in [0.29, 0.717) is 41.9 Å². The number of aromatic nitrogens is 5. The average Bonchev–Trinajstić information content (AvgIpc) is 3.17. The number of anilines is 1. The van der Waals surface area contributed by atoms with Crippen LogP contribution in [0.5, 0.6) is 0 Å². The van der Waals surface area contributed by atoms with Gasteiger partial charge < -0.3 is 9.32 Å². The number of pyridine rings is 1. The Balaban J connectivity index is 1.49. The van der Waals surface area contributed by atoms with Crippen LogP contribution < -0.4 is 4.90 Å². The summed E-state index contributed by atoms with van der Waals surface area (Å²) in [7, 11) is 0. The maximum atomic E-state index is 12.8. The van der Waals surface area contributed by atoms with E-state index in [9.17, 15) is 13.2 Å². The Morgan fingerprint density at radius 3 is 2.93 bits per heavy atom. The third-order valence-corrected chi connectivity index (χ3v) is 4.60. The second kappa shape index (κ2) is 6.82. The molecule has 1 aliphatic heterocycles. The molecule has 1 aliphatic rings. The minimum Gasteiger partial charge on any atom is -0.422 e. The Kier molecular flexibility index (Phi) is 4.48. The number of aryl methyl sites for hydroxylation is 1. The second-order valence-electron chi connectivity index (χ2n) is 6.83. The van der Waals surface area contributed by atoms with E-state index in [0.717, 1.165) is 24.1 Å². The third kappa shape index (κ3) is 4.04. The Morgan fingerprint density at radius 2 is 2.15 bits per heavy atom. The summed E-state index contributed by atoms with van der Waals surface area (Å²) in [5.74, 6) is 0.875. The highest BCUT2D eigenvalue weighted by molar-refractivity contribution is 5.69. The Bertz CT molecular complexity index is 901. The first kappa shape index (κ1) is 17.7. The van der Waals surface area contributed by atoms with Gasteiger partial charge in [-0.3, -0.25) is 0 Å². The summed E-state index contributed by atoms with van der Waals surface area (Å²) in [5, 5.41) is 3.90. The highest BCUT2D eigenvalue weighted by atomic mass is 19.4. The van der Waals surface area contributed by atoms with Crippen LogP contribution in [0.15, 0.2) is 22.7 Å². The molecule has 1 unspecified atom stereocenters. The van der Waals surface area contributed by atoms with Gasteiger partial charge in [-0.05, 0) is 37.8 Å². The minimum absolute atomic E-state index is 0.150. The molecule has 4 heterocycles. The SMILES string of the molecule is Cc1nc(CC2CCCN(c3nc4ncccc4o3)C2)n(CC(F)(F)F)n1. The molecule has 0 spiro atoms. The van der Waals surface area contributed by atoms with Crippen molar-refractivity contribution in [2.45, 2.75) is 38.9 Å². The van der Waals surface area contributed by atoms with Crippen LogP contribution in [-0.2, 0) is 13.0 Å². The Morgan fingerprint density at radius 1 is 1.30 bits per heavy atom. The van der Waals surface area contributed by atoms with E-state index in [2.05, 4.69) is 20.1 Å². The van der Waals surface area contributed by atoms with Crippen molar-refractivity contribution in [2.24, 2.45) is 5.92 Å². The van der Waals surface area contributed by atoms with Crippen LogP contribution in [0.3, 0.4) is 0 Å². The summed E-state index contributed by atoms with van der Waals surface area (Å²) in [6.07, 6.45) is -0.413. The molecular formula is C17H19F3N6O.